The van der Waals surface area contributed by atoms with Crippen molar-refractivity contribution in [2.45, 2.75) is 13.2 Å². The molecular formula is C29H22Br4O6. The van der Waals surface area contributed by atoms with E-state index in [1.54, 1.807) is 24.3 Å². The van der Waals surface area contributed by atoms with Crippen molar-refractivity contribution in [2.24, 2.45) is 0 Å². The summed E-state index contributed by atoms with van der Waals surface area (Å²) in [5, 5.41) is 9.14. The molecule has 0 saturated heterocycles. The zero-order chi connectivity index (χ0) is 28.4. The van der Waals surface area contributed by atoms with Crippen molar-refractivity contribution in [1.82, 2.24) is 0 Å². The molecule has 0 aliphatic heterocycles. The van der Waals surface area contributed by atoms with Gasteiger partial charge in [-0.3, -0.25) is 0 Å². The van der Waals surface area contributed by atoms with Crippen LogP contribution < -0.4 is 9.47 Å². The molecule has 1 N–H and O–H groups in total. The Hall–Kier alpha value is -2.66. The molecule has 6 nitrogen and oxygen atoms in total. The van der Waals surface area contributed by atoms with Gasteiger partial charge in [0.2, 0.25) is 0 Å². The molecular weight excluding hydrogens is 764 g/mol. The summed E-state index contributed by atoms with van der Waals surface area (Å²) in [7, 11) is 1.36. The number of rotatable bonds is 8. The van der Waals surface area contributed by atoms with Crippen LogP contribution in [0.15, 0.2) is 103 Å². The van der Waals surface area contributed by atoms with Crippen LogP contribution in [0, 0.1) is 0 Å². The third kappa shape index (κ3) is 9.79. The lowest BCUT2D eigenvalue weighted by atomic mass is 10.1. The maximum absolute atomic E-state index is 11.7. The van der Waals surface area contributed by atoms with E-state index < -0.39 is 5.97 Å². The van der Waals surface area contributed by atoms with Crippen LogP contribution in [-0.4, -0.2) is 24.2 Å². The van der Waals surface area contributed by atoms with E-state index in [9.17, 15) is 9.59 Å². The highest BCUT2D eigenvalue weighted by Crippen LogP contribution is 2.22. The van der Waals surface area contributed by atoms with Crippen LogP contribution in [0.25, 0.3) is 0 Å². The molecule has 4 rings (SSSR count). The Bertz CT molecular complexity index is 1420. The standard InChI is InChI=1S/C15H12Br2O3.C14H10Br2O3/c1-19-15(18)14-8-12(17)3-2-10(14)9-20-13-6-4-11(16)5-7-13;15-10-3-5-12(6-4-10)19-8-9-1-2-11(16)7-13(9)14(17)18/h2-8H,9H2,1H3;1-7H,8H2,(H,17,18). The Morgan fingerprint density at radius 1 is 0.615 bits per heavy atom. The van der Waals surface area contributed by atoms with Gasteiger partial charge in [0.05, 0.1) is 18.2 Å². The van der Waals surface area contributed by atoms with E-state index in [0.717, 1.165) is 29.2 Å². The normalized spacial score (nSPS) is 10.2. The summed E-state index contributed by atoms with van der Waals surface area (Å²) < 4.78 is 19.5. The number of hydrogen-bond donors (Lipinski definition) is 1. The maximum atomic E-state index is 11.7. The molecule has 0 fully saturated rings. The number of benzene rings is 4. The van der Waals surface area contributed by atoms with Gasteiger partial charge in [0.1, 0.15) is 24.7 Å². The lowest BCUT2D eigenvalue weighted by Gasteiger charge is -2.10. The average Bonchev–Trinajstić information content (AvgIpc) is 2.93. The van der Waals surface area contributed by atoms with E-state index >= 15 is 0 Å². The van der Waals surface area contributed by atoms with E-state index in [4.69, 9.17) is 19.3 Å². The van der Waals surface area contributed by atoms with Gasteiger partial charge < -0.3 is 19.3 Å². The predicted molar refractivity (Wildman–Crippen MR) is 164 cm³/mol. The van der Waals surface area contributed by atoms with E-state index in [1.807, 2.05) is 60.7 Å². The Morgan fingerprint density at radius 2 is 1.00 bits per heavy atom. The molecule has 10 heteroatoms. The van der Waals surface area contributed by atoms with Crippen molar-refractivity contribution in [3.05, 3.63) is 125 Å². The van der Waals surface area contributed by atoms with Crippen LogP contribution in [-0.2, 0) is 18.0 Å². The summed E-state index contributed by atoms with van der Waals surface area (Å²) in [4.78, 5) is 22.9. The highest BCUT2D eigenvalue weighted by atomic mass is 79.9. The van der Waals surface area contributed by atoms with Gasteiger partial charge in [-0.1, -0.05) is 75.9 Å². The minimum absolute atomic E-state index is 0.219. The van der Waals surface area contributed by atoms with Gasteiger partial charge in [-0.2, -0.15) is 0 Å². The van der Waals surface area contributed by atoms with Gasteiger partial charge in [-0.15, -0.1) is 0 Å². The Balaban J connectivity index is 0.000000216. The molecule has 0 aliphatic carbocycles. The Labute approximate surface area is 259 Å². The Kier molecular flexibility index (Phi) is 12.0. The number of hydrogen-bond acceptors (Lipinski definition) is 5. The molecule has 0 aromatic heterocycles. The first-order valence-corrected chi connectivity index (χ1v) is 14.5. The highest BCUT2D eigenvalue weighted by Gasteiger charge is 2.13. The van der Waals surface area contributed by atoms with E-state index in [1.165, 1.54) is 7.11 Å². The lowest BCUT2D eigenvalue weighted by molar-refractivity contribution is 0.0596. The number of ether oxygens (including phenoxy) is 3. The van der Waals surface area contributed by atoms with Crippen molar-refractivity contribution in [1.29, 1.82) is 0 Å². The summed E-state index contributed by atoms with van der Waals surface area (Å²) >= 11 is 13.3. The van der Waals surface area contributed by atoms with Gasteiger partial charge in [0.15, 0.2) is 0 Å². The smallest absolute Gasteiger partial charge is 0.338 e. The molecule has 0 heterocycles. The number of esters is 1. The topological polar surface area (TPSA) is 82.1 Å². The fourth-order valence-electron chi connectivity index (χ4n) is 3.23. The second-order valence-electron chi connectivity index (χ2n) is 7.88. The Morgan fingerprint density at radius 3 is 1.41 bits per heavy atom. The fraction of sp³-hybridized carbons (Fsp3) is 0.103. The van der Waals surface area contributed by atoms with Crippen LogP contribution in [0.1, 0.15) is 31.8 Å². The number of aromatic carboxylic acids is 1. The van der Waals surface area contributed by atoms with Crippen molar-refractivity contribution in [3.63, 3.8) is 0 Å². The molecule has 0 radical (unpaired) electrons. The largest absolute Gasteiger partial charge is 0.489 e. The molecule has 39 heavy (non-hydrogen) atoms. The fourth-order valence-corrected chi connectivity index (χ4v) is 4.48. The predicted octanol–water partition coefficient (Wildman–Crippen LogP) is 9.07. The molecule has 4 aromatic rings. The first-order chi connectivity index (χ1) is 18.7. The van der Waals surface area contributed by atoms with Crippen molar-refractivity contribution < 1.29 is 28.9 Å². The summed E-state index contributed by atoms with van der Waals surface area (Å²) in [5.74, 6) is 0.103. The first-order valence-electron chi connectivity index (χ1n) is 11.3. The lowest BCUT2D eigenvalue weighted by Crippen LogP contribution is -2.08. The summed E-state index contributed by atoms with van der Waals surface area (Å²) in [6.07, 6.45) is 0. The number of methoxy groups -OCH3 is 1. The number of carbonyl (C=O) groups excluding carboxylic acids is 1. The zero-order valence-electron chi connectivity index (χ0n) is 20.5. The van der Waals surface area contributed by atoms with Gasteiger partial charge in [0, 0.05) is 29.0 Å². The van der Waals surface area contributed by atoms with Gasteiger partial charge >= 0.3 is 11.9 Å². The SMILES string of the molecule is COC(=O)c1cc(Br)ccc1COc1ccc(Br)cc1.O=C(O)c1cc(Br)ccc1COc1ccc(Br)cc1. The monoisotopic (exact) mass is 782 g/mol. The molecule has 0 atom stereocenters. The minimum Gasteiger partial charge on any atom is -0.489 e. The highest BCUT2D eigenvalue weighted by molar-refractivity contribution is 9.11. The van der Waals surface area contributed by atoms with Crippen molar-refractivity contribution in [2.75, 3.05) is 7.11 Å². The molecule has 4 aromatic carbocycles. The number of carboxylic acids is 1. The van der Waals surface area contributed by atoms with Gasteiger partial charge in [0.25, 0.3) is 0 Å². The average molecular weight is 786 g/mol. The van der Waals surface area contributed by atoms with Gasteiger partial charge in [-0.25, -0.2) is 9.59 Å². The minimum atomic E-state index is -0.962. The van der Waals surface area contributed by atoms with Crippen LogP contribution in [0.3, 0.4) is 0 Å². The first kappa shape index (κ1) is 30.9. The molecule has 0 amide bonds. The maximum Gasteiger partial charge on any atom is 0.338 e. The van der Waals surface area contributed by atoms with Crippen LogP contribution >= 0.6 is 63.7 Å². The third-order valence-electron chi connectivity index (χ3n) is 5.20. The van der Waals surface area contributed by atoms with Crippen molar-refractivity contribution in [3.8, 4) is 11.5 Å². The molecule has 0 spiro atoms. The quantitative estimate of drug-likeness (QED) is 0.180. The van der Waals surface area contributed by atoms with E-state index in [-0.39, 0.29) is 18.1 Å². The number of carbonyl (C=O) groups is 2. The van der Waals surface area contributed by atoms with Gasteiger partial charge in [-0.05, 0) is 72.8 Å². The van der Waals surface area contributed by atoms with Crippen LogP contribution in [0.5, 0.6) is 11.5 Å². The second-order valence-corrected chi connectivity index (χ2v) is 11.5. The molecule has 0 bridgehead atoms. The van der Waals surface area contributed by atoms with E-state index in [0.29, 0.717) is 23.5 Å². The number of halogens is 4. The summed E-state index contributed by atoms with van der Waals surface area (Å²) in [6, 6.07) is 25.5. The van der Waals surface area contributed by atoms with Crippen molar-refractivity contribution >= 4 is 75.7 Å². The number of carboxylic acid groups (broad SMARTS) is 1. The summed E-state index contributed by atoms with van der Waals surface area (Å²) in [5.41, 5.74) is 2.16. The van der Waals surface area contributed by atoms with E-state index in [2.05, 4.69) is 63.7 Å². The molecule has 0 aliphatic rings. The molecule has 0 unspecified atom stereocenters. The third-order valence-corrected chi connectivity index (χ3v) is 7.24. The summed E-state index contributed by atoms with van der Waals surface area (Å²) in [6.45, 7) is 0.524. The van der Waals surface area contributed by atoms with Crippen LogP contribution in [0.2, 0.25) is 0 Å². The zero-order valence-corrected chi connectivity index (χ0v) is 26.8. The van der Waals surface area contributed by atoms with Crippen LogP contribution in [0.4, 0.5) is 0 Å². The molecule has 202 valence electrons. The molecule has 0 saturated carbocycles. The second kappa shape index (κ2) is 15.2.